The summed E-state index contributed by atoms with van der Waals surface area (Å²) in [7, 11) is -2.10. The largest absolute Gasteiger partial charge is 0.383 e. The van der Waals surface area contributed by atoms with Gasteiger partial charge in [-0.3, -0.25) is 4.40 Å². The van der Waals surface area contributed by atoms with Crippen molar-refractivity contribution in [1.29, 1.82) is 0 Å². The van der Waals surface area contributed by atoms with Crippen molar-refractivity contribution in [1.82, 2.24) is 14.1 Å². The number of sulfonamides is 1. The van der Waals surface area contributed by atoms with E-state index in [0.29, 0.717) is 23.9 Å². The zero-order valence-electron chi connectivity index (χ0n) is 10.7. The molecule has 9 heteroatoms. The Bertz CT molecular complexity index is 647. The number of hydrogen-bond donors (Lipinski definition) is 2. The third-order valence-corrected chi connectivity index (χ3v) is 4.66. The molecule has 0 aromatic carbocycles. The molecule has 2 aromatic rings. The maximum absolute atomic E-state index is 12.3. The number of fused-ring (bicyclic) bond motifs is 1. The quantitative estimate of drug-likeness (QED) is 0.738. The first kappa shape index (κ1) is 14.3. The van der Waals surface area contributed by atoms with Crippen molar-refractivity contribution in [2.24, 2.45) is 0 Å². The first-order valence-corrected chi connectivity index (χ1v) is 8.14. The molecule has 0 spiro atoms. The molecule has 2 rings (SSSR count). The molecule has 0 unspecified atom stereocenters. The van der Waals surface area contributed by atoms with Crippen molar-refractivity contribution >= 4 is 32.1 Å². The number of thiazole rings is 1. The maximum Gasteiger partial charge on any atom is 0.260 e. The molecule has 0 bridgehead atoms. The molecule has 106 valence electrons. The third kappa shape index (κ3) is 2.89. The van der Waals surface area contributed by atoms with Crippen molar-refractivity contribution < 1.29 is 13.2 Å². The lowest BCUT2D eigenvalue weighted by Crippen LogP contribution is -2.28. The van der Waals surface area contributed by atoms with E-state index in [1.54, 1.807) is 16.0 Å². The average Bonchev–Trinajstić information content (AvgIpc) is 2.89. The highest BCUT2D eigenvalue weighted by molar-refractivity contribution is 7.89. The number of methoxy groups -OCH3 is 1. The van der Waals surface area contributed by atoms with E-state index in [4.69, 9.17) is 4.74 Å². The summed E-state index contributed by atoms with van der Waals surface area (Å²) >= 11 is 1.39. The molecule has 0 aliphatic rings. The summed E-state index contributed by atoms with van der Waals surface area (Å²) < 4.78 is 33.5. The van der Waals surface area contributed by atoms with Crippen LogP contribution in [0.15, 0.2) is 16.6 Å². The zero-order valence-corrected chi connectivity index (χ0v) is 12.3. The maximum atomic E-state index is 12.3. The Morgan fingerprint density at radius 1 is 1.53 bits per heavy atom. The smallest absolute Gasteiger partial charge is 0.260 e. The van der Waals surface area contributed by atoms with E-state index in [0.717, 1.165) is 0 Å². The number of rotatable bonds is 7. The molecule has 7 nitrogen and oxygen atoms in total. The van der Waals surface area contributed by atoms with E-state index >= 15 is 0 Å². The average molecular weight is 304 g/mol. The second-order valence-corrected chi connectivity index (χ2v) is 6.30. The predicted octanol–water partition coefficient (Wildman–Crippen LogP) is 0.752. The minimum atomic E-state index is -3.62. The van der Waals surface area contributed by atoms with Crippen LogP contribution in [0.25, 0.3) is 4.96 Å². The van der Waals surface area contributed by atoms with E-state index in [1.807, 2.05) is 6.92 Å². The Morgan fingerprint density at radius 2 is 2.32 bits per heavy atom. The van der Waals surface area contributed by atoms with Gasteiger partial charge in [0.05, 0.1) is 6.61 Å². The molecule has 2 N–H and O–H groups in total. The molecule has 0 saturated carbocycles. The van der Waals surface area contributed by atoms with Gasteiger partial charge in [-0.15, -0.1) is 11.3 Å². The molecule has 0 radical (unpaired) electrons. The van der Waals surface area contributed by atoms with Crippen molar-refractivity contribution in [2.45, 2.75) is 11.9 Å². The van der Waals surface area contributed by atoms with Gasteiger partial charge in [0.15, 0.2) is 15.8 Å². The zero-order chi connectivity index (χ0) is 13.9. The van der Waals surface area contributed by atoms with Crippen molar-refractivity contribution in [3.8, 4) is 0 Å². The van der Waals surface area contributed by atoms with Gasteiger partial charge in [0.25, 0.3) is 10.0 Å². The highest BCUT2D eigenvalue weighted by Crippen LogP contribution is 2.25. The lowest BCUT2D eigenvalue weighted by molar-refractivity contribution is 0.204. The van der Waals surface area contributed by atoms with Crippen LogP contribution in [0.3, 0.4) is 0 Å². The van der Waals surface area contributed by atoms with Gasteiger partial charge >= 0.3 is 0 Å². The summed E-state index contributed by atoms with van der Waals surface area (Å²) in [6.45, 7) is 3.04. The molecule has 2 aromatic heterocycles. The van der Waals surface area contributed by atoms with Crippen molar-refractivity contribution in [3.63, 3.8) is 0 Å². The molecular formula is C10H16N4O3S2. The summed E-state index contributed by atoms with van der Waals surface area (Å²) in [5.41, 5.74) is 0. The monoisotopic (exact) mass is 304 g/mol. The molecule has 0 amide bonds. The van der Waals surface area contributed by atoms with Gasteiger partial charge in [-0.25, -0.2) is 18.1 Å². The van der Waals surface area contributed by atoms with Crippen LogP contribution < -0.4 is 10.0 Å². The Kier molecular flexibility index (Phi) is 4.40. The third-order valence-electron chi connectivity index (χ3n) is 2.42. The fraction of sp³-hybridized carbons (Fsp3) is 0.500. The SMILES string of the molecule is CCNc1nc2sccn2c1S(=O)(=O)NCCOC. The van der Waals surface area contributed by atoms with Crippen LogP contribution in [-0.2, 0) is 14.8 Å². The van der Waals surface area contributed by atoms with Crippen LogP contribution in [0, 0.1) is 0 Å². The second kappa shape index (κ2) is 5.87. The predicted molar refractivity (Wildman–Crippen MR) is 74.3 cm³/mol. The number of aromatic nitrogens is 2. The lowest BCUT2D eigenvalue weighted by Gasteiger charge is -2.07. The molecular weight excluding hydrogens is 288 g/mol. The molecule has 19 heavy (non-hydrogen) atoms. The summed E-state index contributed by atoms with van der Waals surface area (Å²) in [6.07, 6.45) is 1.69. The molecule has 2 heterocycles. The van der Waals surface area contributed by atoms with E-state index in [9.17, 15) is 8.42 Å². The lowest BCUT2D eigenvalue weighted by atomic mass is 10.6. The Morgan fingerprint density at radius 3 is 3.00 bits per heavy atom. The first-order valence-electron chi connectivity index (χ1n) is 5.78. The summed E-state index contributed by atoms with van der Waals surface area (Å²) in [6, 6.07) is 0. The fourth-order valence-electron chi connectivity index (χ4n) is 1.65. The highest BCUT2D eigenvalue weighted by Gasteiger charge is 2.25. The van der Waals surface area contributed by atoms with E-state index in [-0.39, 0.29) is 11.6 Å². The van der Waals surface area contributed by atoms with Crippen molar-refractivity contribution in [3.05, 3.63) is 11.6 Å². The number of imidazole rings is 1. The second-order valence-electron chi connectivity index (χ2n) is 3.74. The molecule has 0 fully saturated rings. The number of hydrogen-bond acceptors (Lipinski definition) is 6. The first-order chi connectivity index (χ1) is 9.10. The number of nitrogens with one attached hydrogen (secondary N) is 2. The molecule has 0 aliphatic carbocycles. The van der Waals surface area contributed by atoms with Crippen LogP contribution >= 0.6 is 11.3 Å². The van der Waals surface area contributed by atoms with E-state index in [1.165, 1.54) is 18.4 Å². The van der Waals surface area contributed by atoms with Gasteiger partial charge in [-0.2, -0.15) is 0 Å². The number of nitrogens with zero attached hydrogens (tertiary/aromatic N) is 2. The molecule has 0 saturated heterocycles. The van der Waals surface area contributed by atoms with Crippen LogP contribution in [0.4, 0.5) is 5.82 Å². The number of anilines is 1. The van der Waals surface area contributed by atoms with E-state index in [2.05, 4.69) is 15.0 Å². The minimum Gasteiger partial charge on any atom is -0.383 e. The van der Waals surface area contributed by atoms with Crippen molar-refractivity contribution in [2.75, 3.05) is 32.1 Å². The Labute approximate surface area is 115 Å². The van der Waals surface area contributed by atoms with E-state index < -0.39 is 10.0 Å². The van der Waals surface area contributed by atoms with Crippen LogP contribution in [0.2, 0.25) is 0 Å². The van der Waals surface area contributed by atoms with Crippen LogP contribution in [-0.4, -0.2) is 44.6 Å². The topological polar surface area (TPSA) is 84.7 Å². The summed E-state index contributed by atoms with van der Waals surface area (Å²) in [5, 5.41) is 4.91. The Hall–Kier alpha value is -1.16. The van der Waals surface area contributed by atoms with Gasteiger partial charge in [0, 0.05) is 31.8 Å². The normalized spacial score (nSPS) is 12.1. The van der Waals surface area contributed by atoms with Gasteiger partial charge in [0.2, 0.25) is 0 Å². The Balaban J connectivity index is 2.40. The standard InChI is InChI=1S/C10H16N4O3S2/c1-3-11-8-9(14-5-7-18-10(14)13-8)19(15,16)12-4-6-17-2/h5,7,11-12H,3-4,6H2,1-2H3. The van der Waals surface area contributed by atoms with Gasteiger partial charge in [0.1, 0.15) is 0 Å². The van der Waals surface area contributed by atoms with Crippen LogP contribution in [0.1, 0.15) is 6.92 Å². The highest BCUT2D eigenvalue weighted by atomic mass is 32.2. The number of ether oxygens (including phenoxy) is 1. The van der Waals surface area contributed by atoms with Gasteiger partial charge < -0.3 is 10.1 Å². The van der Waals surface area contributed by atoms with Gasteiger partial charge in [-0.1, -0.05) is 0 Å². The summed E-state index contributed by atoms with van der Waals surface area (Å²) in [5.74, 6) is 0.374. The fourth-order valence-corrected chi connectivity index (χ4v) is 3.69. The summed E-state index contributed by atoms with van der Waals surface area (Å²) in [4.78, 5) is 4.92. The molecule has 0 aliphatic heterocycles. The van der Waals surface area contributed by atoms with Gasteiger partial charge in [-0.05, 0) is 6.92 Å². The van der Waals surface area contributed by atoms with Crippen LogP contribution in [0.5, 0.6) is 0 Å². The minimum absolute atomic E-state index is 0.140. The molecule has 0 atom stereocenters.